The van der Waals surface area contributed by atoms with Gasteiger partial charge in [-0.2, -0.15) is 0 Å². The van der Waals surface area contributed by atoms with Gasteiger partial charge in [0.05, 0.1) is 0 Å². The first-order chi connectivity index (χ1) is 29.3. The topological polar surface area (TPSA) is 0 Å². The summed E-state index contributed by atoms with van der Waals surface area (Å²) in [5.74, 6) is 0. The molecule has 0 heterocycles. The Balaban J connectivity index is 1.51. The van der Waals surface area contributed by atoms with E-state index in [1.54, 1.807) is 0 Å². The van der Waals surface area contributed by atoms with Crippen LogP contribution in [0.25, 0.3) is 129 Å². The van der Waals surface area contributed by atoms with Crippen molar-refractivity contribution >= 4 is 129 Å². The molecule has 0 aliphatic heterocycles. The smallest absolute Gasteiger partial charge is 0.0000472 e. The Hall–Kier alpha value is -5.46. The maximum atomic E-state index is 2.61. The maximum Gasteiger partial charge on any atom is -0.0000472 e. The van der Waals surface area contributed by atoms with Crippen molar-refractivity contribution in [2.45, 2.75) is 138 Å². The molecular weight excluding hydrogens is 757 g/mol. The lowest BCUT2D eigenvalue weighted by Crippen LogP contribution is -2.14. The zero-order chi connectivity index (χ0) is 44.3. The van der Waals surface area contributed by atoms with Crippen molar-refractivity contribution in [1.29, 1.82) is 0 Å². The third kappa shape index (κ3) is 4.54. The van der Waals surface area contributed by atoms with Crippen molar-refractivity contribution in [2.75, 3.05) is 0 Å². The molecule has 0 radical (unpaired) electrons. The molecule has 13 aromatic carbocycles. The van der Waals surface area contributed by atoms with Gasteiger partial charge in [-0.1, -0.05) is 116 Å². The lowest BCUT2D eigenvalue weighted by atomic mass is 9.70. The number of fused-ring (bicyclic) bond motifs is 6. The van der Waals surface area contributed by atoms with E-state index < -0.39 is 0 Å². The Morgan fingerprint density at radius 3 is 0.444 bits per heavy atom. The average molecular weight is 817 g/mol. The summed E-state index contributed by atoms with van der Waals surface area (Å²) < 4.78 is 0. The molecule has 63 heavy (non-hydrogen) atoms. The minimum atomic E-state index is -0.0399. The molecule has 0 heteroatoms. The molecule has 0 atom stereocenters. The molecule has 0 fully saturated rings. The number of hydrogen-bond acceptors (Lipinski definition) is 0. The van der Waals surface area contributed by atoms with Crippen LogP contribution in [0.4, 0.5) is 0 Å². The molecular formula is C63H60. The van der Waals surface area contributed by atoms with Crippen molar-refractivity contribution in [3.05, 3.63) is 106 Å². The molecule has 312 valence electrons. The molecule has 0 bridgehead atoms. The van der Waals surface area contributed by atoms with E-state index in [9.17, 15) is 0 Å². The van der Waals surface area contributed by atoms with E-state index in [4.69, 9.17) is 0 Å². The van der Waals surface area contributed by atoms with E-state index in [-0.39, 0.29) is 27.1 Å². The van der Waals surface area contributed by atoms with Gasteiger partial charge in [-0.25, -0.2) is 0 Å². The second-order valence-corrected chi connectivity index (χ2v) is 25.5. The van der Waals surface area contributed by atoms with E-state index in [0.29, 0.717) is 0 Å². The Labute approximate surface area is 371 Å². The molecule has 0 aromatic heterocycles. The van der Waals surface area contributed by atoms with Crippen LogP contribution in [0, 0.1) is 6.92 Å². The summed E-state index contributed by atoms with van der Waals surface area (Å²) in [7, 11) is 0. The first-order valence-corrected chi connectivity index (χ1v) is 23.7. The number of aryl methyl sites for hydroxylation is 1. The van der Waals surface area contributed by atoms with Crippen molar-refractivity contribution in [1.82, 2.24) is 0 Å². The van der Waals surface area contributed by atoms with Crippen LogP contribution < -0.4 is 0 Å². The Morgan fingerprint density at radius 1 is 0.190 bits per heavy atom. The van der Waals surface area contributed by atoms with Crippen LogP contribution >= 0.6 is 0 Å². The fourth-order valence-corrected chi connectivity index (χ4v) is 12.6. The summed E-state index contributed by atoms with van der Waals surface area (Å²) in [5, 5.41) is 34.5. The molecule has 0 nitrogen and oxygen atoms in total. The quantitative estimate of drug-likeness (QED) is 0.106. The van der Waals surface area contributed by atoms with Crippen molar-refractivity contribution < 1.29 is 0 Å². The molecule has 13 aromatic rings. The summed E-state index contributed by atoms with van der Waals surface area (Å²) in [6.07, 6.45) is 0. The second-order valence-electron chi connectivity index (χ2n) is 25.5. The summed E-state index contributed by atoms with van der Waals surface area (Å²) in [6, 6.07) is 31.1. The Bertz CT molecular complexity index is 3860. The minimum Gasteiger partial charge on any atom is -0.0561 e. The molecule has 13 rings (SSSR count). The van der Waals surface area contributed by atoms with E-state index in [1.807, 2.05) is 0 Å². The summed E-state index contributed by atoms with van der Waals surface area (Å²) in [5.41, 5.74) is 8.18. The second kappa shape index (κ2) is 10.9. The van der Waals surface area contributed by atoms with E-state index in [1.165, 1.54) is 163 Å². The van der Waals surface area contributed by atoms with Crippen molar-refractivity contribution in [3.63, 3.8) is 0 Å². The van der Waals surface area contributed by atoms with Gasteiger partial charge in [-0.15, -0.1) is 0 Å². The molecule has 0 unspecified atom stereocenters. The molecule has 0 amide bonds. The van der Waals surface area contributed by atoms with Crippen molar-refractivity contribution in [3.8, 4) is 0 Å². The van der Waals surface area contributed by atoms with Gasteiger partial charge in [0.1, 0.15) is 0 Å². The predicted octanol–water partition coefficient (Wildman–Crippen LogP) is 18.9. The number of rotatable bonds is 0. The van der Waals surface area contributed by atoms with Crippen molar-refractivity contribution in [2.24, 2.45) is 0 Å². The van der Waals surface area contributed by atoms with Crippen LogP contribution in [0.2, 0.25) is 0 Å². The van der Waals surface area contributed by atoms with Crippen LogP contribution in [0.3, 0.4) is 0 Å². The Morgan fingerprint density at radius 2 is 0.317 bits per heavy atom. The Kier molecular flexibility index (Phi) is 6.58. The third-order valence-electron chi connectivity index (χ3n) is 16.0. The van der Waals surface area contributed by atoms with E-state index >= 15 is 0 Å². The van der Waals surface area contributed by atoms with Crippen LogP contribution in [0.15, 0.2) is 72.8 Å². The SMILES string of the molecule is Cc1cc2c3cc(C(C)(C)C)cc4c5cc(C(C)(C)C)cc6c7cc(C(C)(C)C)cc8c9cc(C(C)(C)C)cc%10c%11cc(C(C)(C)C)cc%12c(c1)c2c1c(c34)c(c56)c(c78)c(c%109)c1c%12%11. The van der Waals surface area contributed by atoms with Crippen LogP contribution in [0.1, 0.15) is 137 Å². The third-order valence-corrected chi connectivity index (χ3v) is 16.0. The largest absolute Gasteiger partial charge is 0.0561 e. The van der Waals surface area contributed by atoms with E-state index in [2.05, 4.69) is 184 Å². The zero-order valence-electron chi connectivity index (χ0n) is 40.4. The molecule has 0 saturated carbocycles. The number of benzene rings is 13. The lowest BCUT2D eigenvalue weighted by molar-refractivity contribution is 0.591. The van der Waals surface area contributed by atoms with Gasteiger partial charge < -0.3 is 0 Å². The zero-order valence-corrected chi connectivity index (χ0v) is 40.4. The monoisotopic (exact) mass is 816 g/mol. The van der Waals surface area contributed by atoms with Gasteiger partial charge in [0.15, 0.2) is 0 Å². The number of hydrogen-bond donors (Lipinski definition) is 0. The van der Waals surface area contributed by atoms with Gasteiger partial charge in [-0.3, -0.25) is 0 Å². The molecule has 0 aliphatic carbocycles. The molecule has 0 spiro atoms. The van der Waals surface area contributed by atoms with Gasteiger partial charge in [0.2, 0.25) is 0 Å². The highest BCUT2D eigenvalue weighted by Crippen LogP contribution is 2.61. The predicted molar refractivity (Wildman–Crippen MR) is 282 cm³/mol. The highest BCUT2D eigenvalue weighted by Gasteiger charge is 2.35. The van der Waals surface area contributed by atoms with Crippen LogP contribution in [0.5, 0.6) is 0 Å². The minimum absolute atomic E-state index is 0.0300. The molecule has 0 saturated heterocycles. The highest BCUT2D eigenvalue weighted by atomic mass is 14.4. The summed E-state index contributed by atoms with van der Waals surface area (Å²) in [4.78, 5) is 0. The van der Waals surface area contributed by atoms with Crippen LogP contribution in [-0.2, 0) is 27.1 Å². The fourth-order valence-electron chi connectivity index (χ4n) is 12.6. The highest BCUT2D eigenvalue weighted by molar-refractivity contribution is 6.61. The van der Waals surface area contributed by atoms with Gasteiger partial charge in [0.25, 0.3) is 0 Å². The molecule has 0 N–H and O–H groups in total. The van der Waals surface area contributed by atoms with E-state index in [0.717, 1.165) is 0 Å². The fraction of sp³-hybridized carbons (Fsp3) is 0.333. The normalized spacial score (nSPS) is 14.7. The lowest BCUT2D eigenvalue weighted by Gasteiger charge is -2.32. The summed E-state index contributed by atoms with van der Waals surface area (Å²) >= 11 is 0. The van der Waals surface area contributed by atoms with Gasteiger partial charge in [-0.05, 0) is 257 Å². The van der Waals surface area contributed by atoms with Gasteiger partial charge >= 0.3 is 0 Å². The average Bonchev–Trinajstić information content (AvgIpc) is 3.18. The van der Waals surface area contributed by atoms with Crippen LogP contribution in [-0.4, -0.2) is 0 Å². The van der Waals surface area contributed by atoms with Gasteiger partial charge in [0, 0.05) is 0 Å². The summed E-state index contributed by atoms with van der Waals surface area (Å²) in [6.45, 7) is 38.4. The standard InChI is InChI=1S/C63H60/c1-29-17-35-37-19-30(59(2,3)4)21-39-41-23-32(61(8,9)10)25-43-45-27-34(63(14,15)16)28-46-44-26-33(62(11,12)13)24-42-40-22-31(60(5,6)7)20-38-36(18-29)47(35)53-54(48(37)39)56(50(41)43)58(52(45)46)57(51(42)44)55(53)49(38)40/h17-28H,1-16H3. The first kappa shape index (κ1) is 38.0. The molecule has 0 aliphatic rings. The first-order valence-electron chi connectivity index (χ1n) is 23.7. The maximum absolute atomic E-state index is 2.61.